The van der Waals surface area contributed by atoms with Crippen molar-refractivity contribution in [3.05, 3.63) is 152 Å². The summed E-state index contributed by atoms with van der Waals surface area (Å²) in [6.07, 6.45) is 0. The summed E-state index contributed by atoms with van der Waals surface area (Å²) in [5.74, 6) is 0.627. The number of fused-ring (bicyclic) bond motifs is 9. The van der Waals surface area contributed by atoms with Crippen molar-refractivity contribution in [2.24, 2.45) is 0 Å². The number of hydrogen-bond donors (Lipinski definition) is 0. The van der Waals surface area contributed by atoms with Gasteiger partial charge in [-0.1, -0.05) is 115 Å². The average Bonchev–Trinajstić information content (AvgIpc) is 3.67. The van der Waals surface area contributed by atoms with Crippen LogP contribution in [0.15, 0.2) is 156 Å². The predicted molar refractivity (Wildman–Crippen MR) is 190 cm³/mol. The van der Waals surface area contributed by atoms with Crippen LogP contribution < -0.4 is 0 Å². The van der Waals surface area contributed by atoms with Crippen molar-refractivity contribution < 1.29 is 4.42 Å². The lowest BCUT2D eigenvalue weighted by atomic mass is 10.0. The van der Waals surface area contributed by atoms with E-state index in [4.69, 9.17) is 14.4 Å². The molecule has 3 heterocycles. The fourth-order valence-electron chi connectivity index (χ4n) is 7.03. The molecule has 0 N–H and O–H groups in total. The average molecular weight is 588 g/mol. The fraction of sp³-hybridized carbons (Fsp3) is 0. The molecular weight excluding hydrogens is 562 g/mol. The second-order valence-electron chi connectivity index (χ2n) is 11.8. The van der Waals surface area contributed by atoms with Gasteiger partial charge in [-0.2, -0.15) is 0 Å². The Bertz CT molecular complexity index is 2810. The number of nitrogens with zero attached hydrogens (tertiary/aromatic N) is 3. The quantitative estimate of drug-likeness (QED) is 0.207. The van der Waals surface area contributed by atoms with Crippen molar-refractivity contribution in [1.29, 1.82) is 0 Å². The minimum Gasteiger partial charge on any atom is -0.455 e. The Morgan fingerprint density at radius 3 is 2.11 bits per heavy atom. The second kappa shape index (κ2) is 9.62. The summed E-state index contributed by atoms with van der Waals surface area (Å²) in [5, 5.41) is 7.78. The van der Waals surface area contributed by atoms with E-state index in [1.165, 1.54) is 10.8 Å². The molecule has 10 rings (SSSR count). The van der Waals surface area contributed by atoms with Gasteiger partial charge in [0.2, 0.25) is 5.95 Å². The van der Waals surface area contributed by atoms with Gasteiger partial charge < -0.3 is 4.42 Å². The van der Waals surface area contributed by atoms with Crippen LogP contribution in [0.5, 0.6) is 0 Å². The van der Waals surface area contributed by atoms with Gasteiger partial charge in [0.1, 0.15) is 11.2 Å². The first-order chi connectivity index (χ1) is 22.8. The highest BCUT2D eigenvalue weighted by Crippen LogP contribution is 2.42. The summed E-state index contributed by atoms with van der Waals surface area (Å²) >= 11 is 0. The van der Waals surface area contributed by atoms with Gasteiger partial charge in [0.15, 0.2) is 0 Å². The summed E-state index contributed by atoms with van der Waals surface area (Å²) in [6, 6.07) is 53.1. The largest absolute Gasteiger partial charge is 0.455 e. The molecule has 0 unspecified atom stereocenters. The van der Waals surface area contributed by atoms with E-state index < -0.39 is 0 Å². The highest BCUT2D eigenvalue weighted by molar-refractivity contribution is 6.24. The number of furan rings is 1. The number of benzene rings is 7. The molecule has 0 saturated carbocycles. The molecule has 7 aromatic carbocycles. The SMILES string of the molecule is c1ccc(-c2ccc3c4c5oc6ccccc6c5ccc4n(-c4nc(-c5ccc6ccccc6c5)c5ccccc5n4)c3c2)cc1. The molecule has 214 valence electrons. The predicted octanol–water partition coefficient (Wildman–Crippen LogP) is 11.1. The minimum atomic E-state index is 0.627. The zero-order valence-electron chi connectivity index (χ0n) is 24.7. The Kier molecular flexibility index (Phi) is 5.25. The van der Waals surface area contributed by atoms with Crippen molar-refractivity contribution in [1.82, 2.24) is 14.5 Å². The van der Waals surface area contributed by atoms with Crippen LogP contribution in [0.3, 0.4) is 0 Å². The zero-order chi connectivity index (χ0) is 30.2. The molecule has 0 radical (unpaired) electrons. The van der Waals surface area contributed by atoms with E-state index >= 15 is 0 Å². The van der Waals surface area contributed by atoms with E-state index in [-0.39, 0.29) is 0 Å². The molecule has 3 aromatic heterocycles. The first-order valence-corrected chi connectivity index (χ1v) is 15.5. The van der Waals surface area contributed by atoms with E-state index in [1.54, 1.807) is 0 Å². The first-order valence-electron chi connectivity index (χ1n) is 15.5. The van der Waals surface area contributed by atoms with Gasteiger partial charge in [-0.05, 0) is 58.3 Å². The van der Waals surface area contributed by atoms with Crippen LogP contribution in [0.25, 0.3) is 93.8 Å². The van der Waals surface area contributed by atoms with Crippen molar-refractivity contribution in [3.8, 4) is 28.3 Å². The third kappa shape index (κ3) is 3.67. The summed E-state index contributed by atoms with van der Waals surface area (Å²) in [5.41, 5.74) is 8.96. The maximum atomic E-state index is 6.59. The van der Waals surface area contributed by atoms with E-state index in [1.807, 2.05) is 18.2 Å². The van der Waals surface area contributed by atoms with Crippen LogP contribution in [0.4, 0.5) is 0 Å². The third-order valence-corrected chi connectivity index (χ3v) is 9.20. The van der Waals surface area contributed by atoms with E-state index in [0.717, 1.165) is 77.0 Å². The molecular formula is C42H25N3O. The normalized spacial score (nSPS) is 11.9. The third-order valence-electron chi connectivity index (χ3n) is 9.20. The summed E-state index contributed by atoms with van der Waals surface area (Å²) in [7, 11) is 0. The fourth-order valence-corrected chi connectivity index (χ4v) is 7.03. The molecule has 4 heteroatoms. The Morgan fingerprint density at radius 1 is 0.457 bits per heavy atom. The monoisotopic (exact) mass is 587 g/mol. The smallest absolute Gasteiger partial charge is 0.235 e. The Morgan fingerprint density at radius 2 is 1.20 bits per heavy atom. The highest BCUT2D eigenvalue weighted by atomic mass is 16.3. The second-order valence-corrected chi connectivity index (χ2v) is 11.8. The molecule has 4 nitrogen and oxygen atoms in total. The summed E-state index contributed by atoms with van der Waals surface area (Å²) in [4.78, 5) is 10.6. The standard InChI is InChI=1S/C42H25N3O/c1-2-10-26(11-3-1)29-20-21-34-37(25-29)45(36-23-22-32-31-14-7-9-17-38(31)46-41(32)39(34)36)42-43-35-16-8-6-15-33(35)40(44-42)30-19-18-27-12-4-5-13-28(27)24-30/h1-25H. The van der Waals surface area contributed by atoms with Crippen LogP contribution in [0.1, 0.15) is 0 Å². The maximum absolute atomic E-state index is 6.59. The van der Waals surface area contributed by atoms with E-state index in [2.05, 4.69) is 138 Å². The topological polar surface area (TPSA) is 43.9 Å². The molecule has 0 aliphatic carbocycles. The van der Waals surface area contributed by atoms with Gasteiger partial charge >= 0.3 is 0 Å². The molecule has 0 bridgehead atoms. The molecule has 0 atom stereocenters. The molecule has 0 fully saturated rings. The van der Waals surface area contributed by atoms with Crippen LogP contribution >= 0.6 is 0 Å². The first kappa shape index (κ1) is 25.1. The van der Waals surface area contributed by atoms with Gasteiger partial charge in [-0.3, -0.25) is 4.57 Å². The molecule has 0 aliphatic heterocycles. The molecule has 0 aliphatic rings. The van der Waals surface area contributed by atoms with Gasteiger partial charge in [0, 0.05) is 27.1 Å². The van der Waals surface area contributed by atoms with Crippen LogP contribution in [-0.4, -0.2) is 14.5 Å². The maximum Gasteiger partial charge on any atom is 0.235 e. The lowest BCUT2D eigenvalue weighted by Gasteiger charge is -2.12. The minimum absolute atomic E-state index is 0.627. The lowest BCUT2D eigenvalue weighted by molar-refractivity contribution is 0.673. The van der Waals surface area contributed by atoms with Crippen molar-refractivity contribution in [3.63, 3.8) is 0 Å². The molecule has 46 heavy (non-hydrogen) atoms. The number of aromatic nitrogens is 3. The number of hydrogen-bond acceptors (Lipinski definition) is 3. The van der Waals surface area contributed by atoms with Crippen molar-refractivity contribution in [2.45, 2.75) is 0 Å². The molecule has 0 saturated heterocycles. The van der Waals surface area contributed by atoms with Gasteiger partial charge in [-0.25, -0.2) is 9.97 Å². The molecule has 0 amide bonds. The van der Waals surface area contributed by atoms with Gasteiger partial charge in [-0.15, -0.1) is 0 Å². The van der Waals surface area contributed by atoms with Crippen molar-refractivity contribution in [2.75, 3.05) is 0 Å². The van der Waals surface area contributed by atoms with Crippen LogP contribution in [0, 0.1) is 0 Å². The number of rotatable bonds is 3. The van der Waals surface area contributed by atoms with E-state index in [9.17, 15) is 0 Å². The van der Waals surface area contributed by atoms with Gasteiger partial charge in [0.05, 0.1) is 27.6 Å². The van der Waals surface area contributed by atoms with E-state index in [0.29, 0.717) is 5.95 Å². The van der Waals surface area contributed by atoms with Crippen LogP contribution in [0.2, 0.25) is 0 Å². The highest BCUT2D eigenvalue weighted by Gasteiger charge is 2.22. The van der Waals surface area contributed by atoms with Gasteiger partial charge in [0.25, 0.3) is 0 Å². The Labute approximate surface area is 263 Å². The van der Waals surface area contributed by atoms with Crippen molar-refractivity contribution >= 4 is 65.4 Å². The number of para-hydroxylation sites is 2. The summed E-state index contributed by atoms with van der Waals surface area (Å²) < 4.78 is 8.80. The Balaban J connectivity index is 1.33. The Hall–Kier alpha value is -6.26. The molecule has 0 spiro atoms. The zero-order valence-corrected chi connectivity index (χ0v) is 24.7. The van der Waals surface area contributed by atoms with Crippen LogP contribution in [-0.2, 0) is 0 Å². The lowest BCUT2D eigenvalue weighted by Crippen LogP contribution is -2.03. The molecule has 10 aromatic rings. The summed E-state index contributed by atoms with van der Waals surface area (Å²) in [6.45, 7) is 0.